The average Bonchev–Trinajstić information content (AvgIpc) is 3.10. The van der Waals surface area contributed by atoms with E-state index in [1.54, 1.807) is 30.3 Å². The molecule has 6 nitrogen and oxygen atoms in total. The molecule has 0 spiro atoms. The molecule has 1 aliphatic rings. The van der Waals surface area contributed by atoms with Gasteiger partial charge in [-0.2, -0.15) is 0 Å². The van der Waals surface area contributed by atoms with Crippen LogP contribution in [0.15, 0.2) is 30.3 Å². The van der Waals surface area contributed by atoms with E-state index < -0.39 is 0 Å². The van der Waals surface area contributed by atoms with Crippen molar-refractivity contribution in [3.63, 3.8) is 0 Å². The van der Waals surface area contributed by atoms with E-state index in [1.165, 1.54) is 0 Å². The highest BCUT2D eigenvalue weighted by Gasteiger charge is 2.15. The van der Waals surface area contributed by atoms with Crippen LogP contribution in [-0.2, 0) is 4.74 Å². The average molecular weight is 367 g/mol. The Hall–Kier alpha value is -1.89. The number of aromatic nitrogens is 2. The number of carbonyl (C=O) groups is 1. The molecule has 2 aromatic rings. The Morgan fingerprint density at radius 1 is 1.21 bits per heavy atom. The van der Waals surface area contributed by atoms with Crippen molar-refractivity contribution in [1.82, 2.24) is 10.2 Å². The van der Waals surface area contributed by atoms with E-state index in [9.17, 15) is 4.79 Å². The second-order valence-electron chi connectivity index (χ2n) is 5.40. The lowest BCUT2D eigenvalue weighted by Crippen LogP contribution is -2.20. The lowest BCUT2D eigenvalue weighted by atomic mass is 10.2. The minimum absolute atomic E-state index is 0.212. The van der Waals surface area contributed by atoms with Gasteiger partial charge in [-0.25, -0.2) is 0 Å². The van der Waals surface area contributed by atoms with Gasteiger partial charge in [0.1, 0.15) is 5.82 Å². The van der Waals surface area contributed by atoms with E-state index in [0.717, 1.165) is 19.4 Å². The van der Waals surface area contributed by atoms with Crippen LogP contribution in [0.25, 0.3) is 0 Å². The van der Waals surface area contributed by atoms with Gasteiger partial charge < -0.3 is 15.4 Å². The number of nitrogens with zero attached hydrogens (tertiary/aromatic N) is 2. The lowest BCUT2D eigenvalue weighted by Gasteiger charge is -2.11. The van der Waals surface area contributed by atoms with Crippen LogP contribution >= 0.6 is 23.2 Å². The maximum absolute atomic E-state index is 12.2. The largest absolute Gasteiger partial charge is 0.376 e. The molecule has 1 aromatic heterocycles. The van der Waals surface area contributed by atoms with Crippen molar-refractivity contribution in [1.29, 1.82) is 0 Å². The molecule has 0 saturated carbocycles. The van der Waals surface area contributed by atoms with E-state index in [-0.39, 0.29) is 17.7 Å². The summed E-state index contributed by atoms with van der Waals surface area (Å²) in [6.45, 7) is 1.50. The summed E-state index contributed by atoms with van der Waals surface area (Å²) in [5.74, 6) is 0.239. The first-order valence-corrected chi connectivity index (χ1v) is 8.33. The van der Waals surface area contributed by atoms with Gasteiger partial charge >= 0.3 is 0 Å². The van der Waals surface area contributed by atoms with Gasteiger partial charge in [-0.3, -0.25) is 4.79 Å². The highest BCUT2D eigenvalue weighted by Crippen LogP contribution is 2.25. The zero-order chi connectivity index (χ0) is 16.9. The molecule has 0 radical (unpaired) electrons. The van der Waals surface area contributed by atoms with Crippen molar-refractivity contribution in [2.75, 3.05) is 23.8 Å². The first kappa shape index (κ1) is 17.0. The molecule has 1 aliphatic heterocycles. The Balaban J connectivity index is 1.57. The topological polar surface area (TPSA) is 76.1 Å². The van der Waals surface area contributed by atoms with E-state index >= 15 is 0 Å². The normalized spacial score (nSPS) is 16.8. The van der Waals surface area contributed by atoms with Crippen molar-refractivity contribution < 1.29 is 9.53 Å². The molecule has 0 aliphatic carbocycles. The van der Waals surface area contributed by atoms with Crippen LogP contribution in [0.2, 0.25) is 10.0 Å². The quantitative estimate of drug-likeness (QED) is 0.844. The van der Waals surface area contributed by atoms with Gasteiger partial charge in [0.05, 0.1) is 16.1 Å². The lowest BCUT2D eigenvalue weighted by molar-refractivity contribution is 0.102. The van der Waals surface area contributed by atoms with E-state index in [2.05, 4.69) is 20.8 Å². The third-order valence-electron chi connectivity index (χ3n) is 3.61. The second-order valence-corrected chi connectivity index (χ2v) is 6.22. The third kappa shape index (κ3) is 4.35. The number of hydrogen-bond donors (Lipinski definition) is 2. The van der Waals surface area contributed by atoms with Gasteiger partial charge in [-0.15, -0.1) is 10.2 Å². The molecule has 2 N–H and O–H groups in total. The van der Waals surface area contributed by atoms with Gasteiger partial charge in [0.2, 0.25) is 0 Å². The predicted molar refractivity (Wildman–Crippen MR) is 93.9 cm³/mol. The van der Waals surface area contributed by atoms with Crippen molar-refractivity contribution >= 4 is 40.6 Å². The Morgan fingerprint density at radius 3 is 2.75 bits per heavy atom. The fourth-order valence-corrected chi connectivity index (χ4v) is 2.64. The van der Waals surface area contributed by atoms with Crippen LogP contribution in [-0.4, -0.2) is 35.4 Å². The summed E-state index contributed by atoms with van der Waals surface area (Å²) in [7, 11) is 0. The van der Waals surface area contributed by atoms with Gasteiger partial charge in [0.25, 0.3) is 5.91 Å². The molecule has 3 rings (SSSR count). The fourth-order valence-electron chi connectivity index (χ4n) is 2.34. The van der Waals surface area contributed by atoms with Crippen LogP contribution in [0.5, 0.6) is 0 Å². The van der Waals surface area contributed by atoms with Crippen LogP contribution in [0.4, 0.5) is 11.5 Å². The highest BCUT2D eigenvalue weighted by molar-refractivity contribution is 6.42. The Labute approximate surface area is 149 Å². The molecule has 1 saturated heterocycles. The van der Waals surface area contributed by atoms with Gasteiger partial charge in [-0.1, -0.05) is 23.2 Å². The number of ether oxygens (including phenoxy) is 1. The van der Waals surface area contributed by atoms with E-state index in [1.807, 2.05) is 0 Å². The maximum atomic E-state index is 12.2. The SMILES string of the molecule is O=C(Nc1ccc(Cl)c(Cl)c1)c1ccc(NCC2CCCO2)nn1. The maximum Gasteiger partial charge on any atom is 0.276 e. The molecule has 8 heteroatoms. The standard InChI is InChI=1S/C16H16Cl2N4O2/c17-12-4-3-10(8-13(12)18)20-16(23)14-5-6-15(22-21-14)19-9-11-2-1-7-24-11/h3-6,8,11H,1-2,7,9H2,(H,19,22)(H,20,23). The van der Waals surface area contributed by atoms with Crippen LogP contribution in [0, 0.1) is 0 Å². The Morgan fingerprint density at radius 2 is 2.08 bits per heavy atom. The first-order valence-electron chi connectivity index (χ1n) is 7.57. The summed E-state index contributed by atoms with van der Waals surface area (Å²) in [5.41, 5.74) is 0.750. The molecule has 2 heterocycles. The zero-order valence-corrected chi connectivity index (χ0v) is 14.3. The van der Waals surface area contributed by atoms with Crippen molar-refractivity contribution in [3.05, 3.63) is 46.1 Å². The fraction of sp³-hybridized carbons (Fsp3) is 0.312. The van der Waals surface area contributed by atoms with E-state index in [4.69, 9.17) is 27.9 Å². The number of nitrogens with one attached hydrogen (secondary N) is 2. The molecule has 1 atom stereocenters. The molecule has 1 unspecified atom stereocenters. The molecule has 1 fully saturated rings. The number of carbonyl (C=O) groups excluding carboxylic acids is 1. The summed E-state index contributed by atoms with van der Waals surface area (Å²) in [6, 6.07) is 8.18. The number of halogens is 2. The van der Waals surface area contributed by atoms with Gasteiger partial charge in [0, 0.05) is 18.8 Å². The number of anilines is 2. The minimum Gasteiger partial charge on any atom is -0.376 e. The van der Waals surface area contributed by atoms with Crippen molar-refractivity contribution in [2.45, 2.75) is 18.9 Å². The summed E-state index contributed by atoms with van der Waals surface area (Å²) >= 11 is 11.8. The van der Waals surface area contributed by atoms with Crippen LogP contribution in [0.3, 0.4) is 0 Å². The van der Waals surface area contributed by atoms with Crippen molar-refractivity contribution in [3.8, 4) is 0 Å². The molecule has 126 valence electrons. The number of rotatable bonds is 5. The van der Waals surface area contributed by atoms with Crippen LogP contribution < -0.4 is 10.6 Å². The predicted octanol–water partition coefficient (Wildman–Crippen LogP) is 3.63. The van der Waals surface area contributed by atoms with Gasteiger partial charge in [-0.05, 0) is 43.2 Å². The number of amides is 1. The summed E-state index contributed by atoms with van der Waals surface area (Å²) in [4.78, 5) is 12.2. The molecule has 1 aromatic carbocycles. The molecule has 24 heavy (non-hydrogen) atoms. The highest BCUT2D eigenvalue weighted by atomic mass is 35.5. The van der Waals surface area contributed by atoms with Gasteiger partial charge in [0.15, 0.2) is 5.69 Å². The second kappa shape index (κ2) is 7.79. The van der Waals surface area contributed by atoms with Crippen LogP contribution in [0.1, 0.15) is 23.3 Å². The molecule has 0 bridgehead atoms. The number of hydrogen-bond acceptors (Lipinski definition) is 5. The third-order valence-corrected chi connectivity index (χ3v) is 4.35. The molecular formula is C16H16Cl2N4O2. The Kier molecular flexibility index (Phi) is 5.50. The monoisotopic (exact) mass is 366 g/mol. The number of benzene rings is 1. The van der Waals surface area contributed by atoms with Crippen molar-refractivity contribution in [2.24, 2.45) is 0 Å². The summed E-state index contributed by atoms with van der Waals surface area (Å²) in [6.07, 6.45) is 2.35. The minimum atomic E-state index is -0.369. The smallest absolute Gasteiger partial charge is 0.276 e. The molecular weight excluding hydrogens is 351 g/mol. The first-order chi connectivity index (χ1) is 11.6. The summed E-state index contributed by atoms with van der Waals surface area (Å²) in [5, 5.41) is 14.6. The Bertz CT molecular complexity index is 719. The molecule has 1 amide bonds. The summed E-state index contributed by atoms with van der Waals surface area (Å²) < 4.78 is 5.53. The van der Waals surface area contributed by atoms with E-state index in [0.29, 0.717) is 28.1 Å². The zero-order valence-electron chi connectivity index (χ0n) is 12.8.